The van der Waals surface area contributed by atoms with E-state index in [1.165, 1.54) is 28.2 Å². The molecule has 0 bridgehead atoms. The van der Waals surface area contributed by atoms with E-state index >= 15 is 0 Å². The third-order valence-electron chi connectivity index (χ3n) is 7.32. The van der Waals surface area contributed by atoms with Gasteiger partial charge in [-0.25, -0.2) is 0 Å². The second-order valence-corrected chi connectivity index (χ2v) is 9.96. The molecule has 0 unspecified atom stereocenters. The van der Waals surface area contributed by atoms with Crippen LogP contribution in [0.3, 0.4) is 0 Å². The normalized spacial score (nSPS) is 20.9. The summed E-state index contributed by atoms with van der Waals surface area (Å²) in [5.41, 5.74) is 7.32. The highest BCUT2D eigenvalue weighted by Gasteiger charge is 2.41. The topological polar surface area (TPSA) is 45.6 Å². The summed E-state index contributed by atoms with van der Waals surface area (Å²) < 4.78 is 7.90. The van der Waals surface area contributed by atoms with Crippen molar-refractivity contribution >= 4 is 17.3 Å². The lowest BCUT2D eigenvalue weighted by molar-refractivity contribution is 0.0365. The molecule has 1 aromatic carbocycles. The zero-order chi connectivity index (χ0) is 24.4. The third kappa shape index (κ3) is 4.85. The highest BCUT2D eigenvalue weighted by atomic mass is 32.1. The first-order valence-corrected chi connectivity index (χ1v) is 13.0. The van der Waals surface area contributed by atoms with Gasteiger partial charge in [0.05, 0.1) is 31.0 Å². The lowest BCUT2D eigenvalue weighted by Gasteiger charge is -2.30. The Morgan fingerprint density at radius 2 is 1.80 bits per heavy atom. The van der Waals surface area contributed by atoms with Crippen LogP contribution >= 0.6 is 12.2 Å². The van der Waals surface area contributed by atoms with Gasteiger partial charge in [0, 0.05) is 49.5 Å². The first kappa shape index (κ1) is 24.0. The molecule has 2 saturated heterocycles. The molecule has 2 aliphatic rings. The van der Waals surface area contributed by atoms with Gasteiger partial charge in [0.15, 0.2) is 5.11 Å². The van der Waals surface area contributed by atoms with Gasteiger partial charge in [0.2, 0.25) is 0 Å². The number of nitrogens with one attached hydrogen (secondary N) is 1. The predicted octanol–water partition coefficient (Wildman–Crippen LogP) is 4.49. The molecule has 4 heterocycles. The van der Waals surface area contributed by atoms with Crippen LogP contribution in [-0.4, -0.2) is 63.9 Å². The minimum Gasteiger partial charge on any atom is -0.379 e. The number of benzene rings is 1. The summed E-state index contributed by atoms with van der Waals surface area (Å²) >= 11 is 5.91. The molecule has 0 saturated carbocycles. The molecule has 5 rings (SSSR count). The van der Waals surface area contributed by atoms with Crippen LogP contribution in [0, 0.1) is 20.8 Å². The van der Waals surface area contributed by atoms with Gasteiger partial charge in [-0.05, 0) is 74.8 Å². The summed E-state index contributed by atoms with van der Waals surface area (Å²) in [6, 6.07) is 17.2. The number of pyridine rings is 1. The molecular weight excluding hydrogens is 454 g/mol. The number of nitrogens with zero attached hydrogens (tertiary/aromatic N) is 4. The number of para-hydroxylation sites is 1. The van der Waals surface area contributed by atoms with Crippen LogP contribution in [0.25, 0.3) is 5.69 Å². The highest BCUT2D eigenvalue weighted by molar-refractivity contribution is 7.80. The average molecular weight is 490 g/mol. The maximum Gasteiger partial charge on any atom is 0.170 e. The van der Waals surface area contributed by atoms with Crippen LogP contribution in [0.1, 0.15) is 46.7 Å². The maximum absolute atomic E-state index is 5.91. The van der Waals surface area contributed by atoms with Gasteiger partial charge >= 0.3 is 0 Å². The highest BCUT2D eigenvalue weighted by Crippen LogP contribution is 2.41. The Bertz CT molecular complexity index is 1170. The molecular formula is C28H35N5OS. The Morgan fingerprint density at radius 1 is 1.03 bits per heavy atom. The van der Waals surface area contributed by atoms with E-state index in [0.717, 1.165) is 56.6 Å². The number of morpholine rings is 1. The minimum absolute atomic E-state index is 0.0120. The van der Waals surface area contributed by atoms with E-state index in [0.29, 0.717) is 0 Å². The first-order valence-electron chi connectivity index (χ1n) is 12.6. The molecule has 0 spiro atoms. The summed E-state index contributed by atoms with van der Waals surface area (Å²) in [5, 5.41) is 4.43. The quantitative estimate of drug-likeness (QED) is 0.494. The summed E-state index contributed by atoms with van der Waals surface area (Å²) in [6.07, 6.45) is 2.93. The fourth-order valence-electron chi connectivity index (χ4n) is 5.55. The largest absolute Gasteiger partial charge is 0.379 e. The van der Waals surface area contributed by atoms with Crippen molar-refractivity contribution in [3.8, 4) is 5.69 Å². The smallest absolute Gasteiger partial charge is 0.170 e. The standard InChI is InChI=1S/C28H35N5OS/c1-20-9-4-5-11-25(20)33-21(2)19-23(22(33)3)27-26(24-10-6-7-12-29-24)30-28(35)32(27)14-8-13-31-15-17-34-18-16-31/h4-7,9-12,19,26-27H,8,13-18H2,1-3H3,(H,30,35)/t26-,27+/m0/s1. The van der Waals surface area contributed by atoms with Crippen molar-refractivity contribution in [2.75, 3.05) is 39.4 Å². The van der Waals surface area contributed by atoms with Crippen molar-refractivity contribution in [3.63, 3.8) is 0 Å². The van der Waals surface area contributed by atoms with Gasteiger partial charge in [-0.1, -0.05) is 24.3 Å². The number of hydrogen-bond acceptors (Lipinski definition) is 4. The van der Waals surface area contributed by atoms with E-state index < -0.39 is 0 Å². The molecule has 7 heteroatoms. The van der Waals surface area contributed by atoms with Gasteiger partial charge < -0.3 is 19.5 Å². The van der Waals surface area contributed by atoms with Crippen molar-refractivity contribution < 1.29 is 4.74 Å². The number of aromatic nitrogens is 2. The van der Waals surface area contributed by atoms with Crippen molar-refractivity contribution in [1.82, 2.24) is 24.7 Å². The second kappa shape index (κ2) is 10.5. The monoisotopic (exact) mass is 489 g/mol. The van der Waals surface area contributed by atoms with E-state index in [4.69, 9.17) is 21.9 Å². The van der Waals surface area contributed by atoms with Crippen LogP contribution in [-0.2, 0) is 4.74 Å². The fraction of sp³-hybridized carbons (Fsp3) is 0.429. The van der Waals surface area contributed by atoms with Gasteiger partial charge in [-0.2, -0.15) is 0 Å². The average Bonchev–Trinajstić information content (AvgIpc) is 3.35. The summed E-state index contributed by atoms with van der Waals surface area (Å²) in [4.78, 5) is 9.59. The van der Waals surface area contributed by atoms with Gasteiger partial charge in [-0.15, -0.1) is 0 Å². The van der Waals surface area contributed by atoms with Crippen molar-refractivity contribution in [2.45, 2.75) is 39.3 Å². The SMILES string of the molecule is Cc1ccccc1-n1c(C)cc([C@@H]2[C@H](c3ccccn3)NC(=S)N2CCCN2CCOCC2)c1C. The molecule has 184 valence electrons. The molecule has 2 aliphatic heterocycles. The number of aryl methyl sites for hydroxylation is 2. The Balaban J connectivity index is 1.48. The van der Waals surface area contributed by atoms with E-state index in [1.807, 2.05) is 12.3 Å². The molecule has 6 nitrogen and oxygen atoms in total. The molecule has 2 aromatic heterocycles. The number of hydrogen-bond donors (Lipinski definition) is 1. The van der Waals surface area contributed by atoms with E-state index in [9.17, 15) is 0 Å². The zero-order valence-corrected chi connectivity index (χ0v) is 21.7. The minimum atomic E-state index is 0.0120. The first-order chi connectivity index (χ1) is 17.0. The summed E-state index contributed by atoms with van der Waals surface area (Å²) in [5.74, 6) is 0. The number of rotatable bonds is 7. The predicted molar refractivity (Wildman–Crippen MR) is 144 cm³/mol. The van der Waals surface area contributed by atoms with Gasteiger partial charge in [-0.3, -0.25) is 9.88 Å². The lowest BCUT2D eigenvalue weighted by atomic mass is 9.96. The maximum atomic E-state index is 5.91. The van der Waals surface area contributed by atoms with Crippen LogP contribution < -0.4 is 5.32 Å². The molecule has 3 aromatic rings. The van der Waals surface area contributed by atoms with E-state index in [2.05, 4.69) is 82.9 Å². The Hall–Kier alpha value is -2.74. The summed E-state index contributed by atoms with van der Waals surface area (Å²) in [6.45, 7) is 12.3. The van der Waals surface area contributed by atoms with Crippen LogP contribution in [0.4, 0.5) is 0 Å². The Labute approximate surface area is 213 Å². The van der Waals surface area contributed by atoms with Crippen molar-refractivity contribution in [3.05, 3.63) is 82.9 Å². The van der Waals surface area contributed by atoms with Gasteiger partial charge in [0.1, 0.15) is 0 Å². The summed E-state index contributed by atoms with van der Waals surface area (Å²) in [7, 11) is 0. The van der Waals surface area contributed by atoms with E-state index in [-0.39, 0.29) is 12.1 Å². The van der Waals surface area contributed by atoms with Crippen molar-refractivity contribution in [1.29, 1.82) is 0 Å². The van der Waals surface area contributed by atoms with Crippen LogP contribution in [0.15, 0.2) is 54.7 Å². The molecule has 35 heavy (non-hydrogen) atoms. The molecule has 2 fully saturated rings. The molecule has 2 atom stereocenters. The third-order valence-corrected chi connectivity index (χ3v) is 7.67. The molecule has 0 amide bonds. The van der Waals surface area contributed by atoms with Crippen LogP contribution in [0.2, 0.25) is 0 Å². The second-order valence-electron chi connectivity index (χ2n) is 9.58. The number of ether oxygens (including phenoxy) is 1. The zero-order valence-electron chi connectivity index (χ0n) is 20.9. The fourth-order valence-corrected chi connectivity index (χ4v) is 5.88. The molecule has 0 radical (unpaired) electrons. The van der Waals surface area contributed by atoms with E-state index in [1.54, 1.807) is 0 Å². The van der Waals surface area contributed by atoms with Gasteiger partial charge in [0.25, 0.3) is 0 Å². The Morgan fingerprint density at radius 3 is 2.54 bits per heavy atom. The Kier molecular flexibility index (Phi) is 7.18. The molecule has 0 aliphatic carbocycles. The van der Waals surface area contributed by atoms with Crippen molar-refractivity contribution in [2.24, 2.45) is 0 Å². The molecule has 1 N–H and O–H groups in total. The van der Waals surface area contributed by atoms with Crippen LogP contribution in [0.5, 0.6) is 0 Å². The lowest BCUT2D eigenvalue weighted by Crippen LogP contribution is -2.39. The number of thiocarbonyl (C=S) groups is 1.